The fourth-order valence-electron chi connectivity index (χ4n) is 2.89. The lowest BCUT2D eigenvalue weighted by Gasteiger charge is -2.22. The highest BCUT2D eigenvalue weighted by atomic mass is 35.5. The Labute approximate surface area is 189 Å². The molecule has 3 rings (SSSR count). The number of alkyl halides is 2. The lowest BCUT2D eigenvalue weighted by molar-refractivity contribution is -0.116. The van der Waals surface area contributed by atoms with Gasteiger partial charge in [0.15, 0.2) is 0 Å². The minimum atomic E-state index is -4.07. The Morgan fingerprint density at radius 1 is 0.969 bits per heavy atom. The maximum absolute atomic E-state index is 13.2. The molecular formula is C22H19ClF2N2O4S. The number of nitrogens with zero attached hydrogens (tertiary/aromatic N) is 1. The molecule has 0 bridgehead atoms. The Morgan fingerprint density at radius 3 is 2.25 bits per heavy atom. The first-order chi connectivity index (χ1) is 15.3. The highest BCUT2D eigenvalue weighted by Crippen LogP contribution is 2.26. The van der Waals surface area contributed by atoms with Gasteiger partial charge in [0.1, 0.15) is 5.75 Å². The molecule has 32 heavy (non-hydrogen) atoms. The van der Waals surface area contributed by atoms with E-state index in [0.29, 0.717) is 10.6 Å². The number of para-hydroxylation sites is 2. The summed E-state index contributed by atoms with van der Waals surface area (Å²) in [4.78, 5) is 12.7. The van der Waals surface area contributed by atoms with E-state index < -0.39 is 29.1 Å². The van der Waals surface area contributed by atoms with Crippen LogP contribution in [0.3, 0.4) is 0 Å². The highest BCUT2D eigenvalue weighted by molar-refractivity contribution is 7.89. The number of halogens is 3. The minimum Gasteiger partial charge on any atom is -0.433 e. The SMILES string of the molecule is O=C(CN(Cc1ccccc1)S(=O)(=O)c1ccc(Cl)cc1)Nc1ccccc1OC(F)F. The van der Waals surface area contributed by atoms with E-state index in [-0.39, 0.29) is 22.9 Å². The third kappa shape index (κ3) is 6.25. The van der Waals surface area contributed by atoms with Crippen molar-refractivity contribution in [1.29, 1.82) is 0 Å². The molecule has 0 aliphatic carbocycles. The topological polar surface area (TPSA) is 75.7 Å². The second kappa shape index (κ2) is 10.5. The van der Waals surface area contributed by atoms with Crippen LogP contribution in [0.25, 0.3) is 0 Å². The standard InChI is InChI=1S/C22H19ClF2N2O4S/c23-17-10-12-18(13-11-17)32(29,30)27(14-16-6-2-1-3-7-16)15-21(28)26-19-8-4-5-9-20(19)31-22(24)25/h1-13,22H,14-15H2,(H,26,28). The number of anilines is 1. The summed E-state index contributed by atoms with van der Waals surface area (Å²) in [6, 6.07) is 20.0. The van der Waals surface area contributed by atoms with E-state index in [1.807, 2.05) is 0 Å². The molecule has 0 fully saturated rings. The van der Waals surface area contributed by atoms with Crippen molar-refractivity contribution in [2.24, 2.45) is 0 Å². The average Bonchev–Trinajstić information content (AvgIpc) is 2.75. The molecule has 6 nitrogen and oxygen atoms in total. The van der Waals surface area contributed by atoms with Gasteiger partial charge in [0.05, 0.1) is 17.1 Å². The van der Waals surface area contributed by atoms with Gasteiger partial charge in [0.2, 0.25) is 15.9 Å². The summed E-state index contributed by atoms with van der Waals surface area (Å²) in [6.45, 7) is -3.70. The van der Waals surface area contributed by atoms with Crippen molar-refractivity contribution in [2.45, 2.75) is 18.1 Å². The van der Waals surface area contributed by atoms with Crippen molar-refractivity contribution < 1.29 is 26.7 Å². The van der Waals surface area contributed by atoms with Crippen molar-refractivity contribution in [2.75, 3.05) is 11.9 Å². The van der Waals surface area contributed by atoms with Gasteiger partial charge in [-0.2, -0.15) is 13.1 Å². The smallest absolute Gasteiger partial charge is 0.387 e. The van der Waals surface area contributed by atoms with E-state index >= 15 is 0 Å². The second-order valence-corrected chi connectivity index (χ2v) is 9.01. The van der Waals surface area contributed by atoms with Gasteiger partial charge in [-0.1, -0.05) is 54.1 Å². The maximum Gasteiger partial charge on any atom is 0.387 e. The third-order valence-corrected chi connectivity index (χ3v) is 6.41. The van der Waals surface area contributed by atoms with Crippen LogP contribution in [-0.4, -0.2) is 31.8 Å². The van der Waals surface area contributed by atoms with E-state index in [9.17, 15) is 22.0 Å². The van der Waals surface area contributed by atoms with Crippen LogP contribution in [0, 0.1) is 0 Å². The third-order valence-electron chi connectivity index (χ3n) is 4.35. The van der Waals surface area contributed by atoms with Crippen molar-refractivity contribution in [1.82, 2.24) is 4.31 Å². The molecule has 0 spiro atoms. The molecule has 0 aromatic heterocycles. The normalized spacial score (nSPS) is 11.5. The molecule has 0 heterocycles. The van der Waals surface area contributed by atoms with Crippen LogP contribution < -0.4 is 10.1 Å². The van der Waals surface area contributed by atoms with Gasteiger partial charge in [-0.3, -0.25) is 4.79 Å². The number of carbonyl (C=O) groups is 1. The number of rotatable bonds is 9. The molecular weight excluding hydrogens is 462 g/mol. The quantitative estimate of drug-likeness (QED) is 0.478. The summed E-state index contributed by atoms with van der Waals surface area (Å²) in [7, 11) is -4.07. The molecule has 0 saturated carbocycles. The van der Waals surface area contributed by atoms with Crippen LogP contribution >= 0.6 is 11.6 Å². The first-order valence-electron chi connectivity index (χ1n) is 9.39. The first-order valence-corrected chi connectivity index (χ1v) is 11.2. The fourth-order valence-corrected chi connectivity index (χ4v) is 4.40. The van der Waals surface area contributed by atoms with Crippen LogP contribution in [0.4, 0.5) is 14.5 Å². The average molecular weight is 481 g/mol. The number of sulfonamides is 1. The molecule has 0 aliphatic heterocycles. The number of ether oxygens (including phenoxy) is 1. The summed E-state index contributed by atoms with van der Waals surface area (Å²) in [6.07, 6.45) is 0. The zero-order valence-electron chi connectivity index (χ0n) is 16.6. The molecule has 1 N–H and O–H groups in total. The zero-order chi connectivity index (χ0) is 23.1. The minimum absolute atomic E-state index is 0.00125. The molecule has 3 aromatic carbocycles. The van der Waals surface area contributed by atoms with Crippen LogP contribution in [0.2, 0.25) is 5.02 Å². The summed E-state index contributed by atoms with van der Waals surface area (Å²) in [5.74, 6) is -0.949. The van der Waals surface area contributed by atoms with Crippen LogP contribution in [0.15, 0.2) is 83.8 Å². The molecule has 0 unspecified atom stereocenters. The van der Waals surface area contributed by atoms with Crippen molar-refractivity contribution in [3.63, 3.8) is 0 Å². The molecule has 10 heteroatoms. The van der Waals surface area contributed by atoms with Gasteiger partial charge in [0.25, 0.3) is 0 Å². The summed E-state index contributed by atoms with van der Waals surface area (Å²) < 4.78 is 57.1. The molecule has 168 valence electrons. The van der Waals surface area contributed by atoms with Crippen LogP contribution in [0.5, 0.6) is 5.75 Å². The highest BCUT2D eigenvalue weighted by Gasteiger charge is 2.27. The Balaban J connectivity index is 1.86. The van der Waals surface area contributed by atoms with Crippen molar-refractivity contribution in [3.05, 3.63) is 89.4 Å². The molecule has 0 saturated heterocycles. The Morgan fingerprint density at radius 2 is 1.59 bits per heavy atom. The number of benzene rings is 3. The summed E-state index contributed by atoms with van der Waals surface area (Å²) in [5, 5.41) is 2.81. The van der Waals surface area contributed by atoms with Gasteiger partial charge >= 0.3 is 6.61 Å². The predicted octanol–water partition coefficient (Wildman–Crippen LogP) is 4.77. The lowest BCUT2D eigenvalue weighted by atomic mass is 10.2. The van der Waals surface area contributed by atoms with E-state index in [0.717, 1.165) is 4.31 Å². The van der Waals surface area contributed by atoms with Crippen LogP contribution in [0.1, 0.15) is 5.56 Å². The number of amides is 1. The van der Waals surface area contributed by atoms with Crippen molar-refractivity contribution in [3.8, 4) is 5.75 Å². The first kappa shape index (κ1) is 23.6. The monoisotopic (exact) mass is 480 g/mol. The lowest BCUT2D eigenvalue weighted by Crippen LogP contribution is -2.37. The van der Waals surface area contributed by atoms with E-state index in [2.05, 4.69) is 10.1 Å². The molecule has 0 aliphatic rings. The van der Waals surface area contributed by atoms with Gasteiger partial charge in [-0.15, -0.1) is 0 Å². The number of nitrogens with one attached hydrogen (secondary N) is 1. The summed E-state index contributed by atoms with van der Waals surface area (Å²) in [5.41, 5.74) is 0.667. The molecule has 1 amide bonds. The number of carbonyl (C=O) groups excluding carboxylic acids is 1. The molecule has 0 atom stereocenters. The number of hydrogen-bond donors (Lipinski definition) is 1. The number of hydrogen-bond acceptors (Lipinski definition) is 4. The Hall–Kier alpha value is -3.01. The van der Waals surface area contributed by atoms with Gasteiger partial charge in [-0.25, -0.2) is 8.42 Å². The largest absolute Gasteiger partial charge is 0.433 e. The fraction of sp³-hybridized carbons (Fsp3) is 0.136. The van der Waals surface area contributed by atoms with E-state index in [4.69, 9.17) is 11.6 Å². The van der Waals surface area contributed by atoms with Crippen molar-refractivity contribution >= 4 is 33.2 Å². The van der Waals surface area contributed by atoms with Crippen LogP contribution in [-0.2, 0) is 21.4 Å². The van der Waals surface area contributed by atoms with Gasteiger partial charge < -0.3 is 10.1 Å². The zero-order valence-corrected chi connectivity index (χ0v) is 18.2. The summed E-state index contributed by atoms with van der Waals surface area (Å²) >= 11 is 5.86. The molecule has 3 aromatic rings. The Bertz CT molecular complexity index is 1160. The van der Waals surface area contributed by atoms with E-state index in [1.54, 1.807) is 30.3 Å². The van der Waals surface area contributed by atoms with Gasteiger partial charge in [0, 0.05) is 11.6 Å². The Kier molecular flexibility index (Phi) is 7.79. The second-order valence-electron chi connectivity index (χ2n) is 6.64. The molecule has 0 radical (unpaired) electrons. The maximum atomic E-state index is 13.2. The van der Waals surface area contributed by atoms with Gasteiger partial charge in [-0.05, 0) is 42.0 Å². The predicted molar refractivity (Wildman–Crippen MR) is 117 cm³/mol. The van der Waals surface area contributed by atoms with E-state index in [1.165, 1.54) is 48.5 Å².